The second-order valence-electron chi connectivity index (χ2n) is 4.82. The maximum Gasteiger partial charge on any atom is 0.344 e. The number of benzene rings is 1. The molecule has 1 aromatic carbocycles. The summed E-state index contributed by atoms with van der Waals surface area (Å²) in [7, 11) is 0. The first kappa shape index (κ1) is 19.8. The Kier molecular flexibility index (Phi) is 8.03. The summed E-state index contributed by atoms with van der Waals surface area (Å²) in [6.07, 6.45) is 1.18. The van der Waals surface area contributed by atoms with E-state index in [1.165, 1.54) is 6.21 Å². The number of nitrogens with one attached hydrogen (secondary N) is 1. The highest BCUT2D eigenvalue weighted by Gasteiger charge is 2.13. The van der Waals surface area contributed by atoms with Gasteiger partial charge >= 0.3 is 12.0 Å². The number of hydrogen-bond acceptors (Lipinski definition) is 6. The molecule has 0 bridgehead atoms. The van der Waals surface area contributed by atoms with Gasteiger partial charge in [-0.05, 0) is 48.8 Å². The third kappa shape index (κ3) is 6.86. The number of hydrazone groups is 1. The minimum absolute atomic E-state index is 0.212. The summed E-state index contributed by atoms with van der Waals surface area (Å²) < 4.78 is 16.6. The second kappa shape index (κ2) is 9.76. The molecule has 0 radical (unpaired) electrons. The lowest BCUT2D eigenvalue weighted by Crippen LogP contribution is -2.24. The molecule has 0 aromatic heterocycles. The molecule has 0 spiro atoms. The highest BCUT2D eigenvalue weighted by molar-refractivity contribution is 9.10. The Morgan fingerprint density at radius 2 is 2.00 bits per heavy atom. The van der Waals surface area contributed by atoms with Crippen LogP contribution in [0.15, 0.2) is 21.7 Å². The molecule has 0 atom stereocenters. The molecule has 0 aliphatic heterocycles. The van der Waals surface area contributed by atoms with Crippen LogP contribution in [0.25, 0.3) is 0 Å². The smallest absolute Gasteiger partial charge is 0.344 e. The summed E-state index contributed by atoms with van der Waals surface area (Å²) >= 11 is 3.36. The van der Waals surface area contributed by atoms with Gasteiger partial charge in [0.05, 0.1) is 18.9 Å². The number of urea groups is 1. The van der Waals surface area contributed by atoms with E-state index in [2.05, 4.69) is 26.5 Å². The molecule has 24 heavy (non-hydrogen) atoms. The molecule has 0 unspecified atom stereocenters. The Hall–Kier alpha value is -2.29. The number of nitrogens with two attached hydrogens (primary N) is 1. The van der Waals surface area contributed by atoms with Crippen molar-refractivity contribution in [3.8, 4) is 11.5 Å². The van der Waals surface area contributed by atoms with Crippen LogP contribution in [0.4, 0.5) is 4.79 Å². The predicted octanol–water partition coefficient (Wildman–Crippen LogP) is 2.18. The maximum atomic E-state index is 11.6. The minimum atomic E-state index is -0.768. The van der Waals surface area contributed by atoms with Crippen molar-refractivity contribution in [2.24, 2.45) is 10.8 Å². The lowest BCUT2D eigenvalue weighted by Gasteiger charge is -2.14. The van der Waals surface area contributed by atoms with Crippen molar-refractivity contribution in [3.63, 3.8) is 0 Å². The predicted molar refractivity (Wildman–Crippen MR) is 92.3 cm³/mol. The third-order valence-electron chi connectivity index (χ3n) is 2.45. The normalized spacial score (nSPS) is 10.7. The van der Waals surface area contributed by atoms with Gasteiger partial charge in [0.1, 0.15) is 0 Å². The fourth-order valence-electron chi connectivity index (χ4n) is 1.63. The number of primary amides is 1. The molecule has 1 aromatic rings. The van der Waals surface area contributed by atoms with Crippen LogP contribution < -0.4 is 20.6 Å². The third-order valence-corrected chi connectivity index (χ3v) is 3.14. The number of amides is 2. The van der Waals surface area contributed by atoms with Crippen molar-refractivity contribution in [2.45, 2.75) is 26.9 Å². The Labute approximate surface area is 148 Å². The molecule has 3 N–H and O–H groups in total. The molecule has 0 heterocycles. The van der Waals surface area contributed by atoms with Crippen LogP contribution in [-0.4, -0.2) is 37.5 Å². The van der Waals surface area contributed by atoms with Crippen molar-refractivity contribution in [2.75, 3.05) is 13.2 Å². The molecule has 132 valence electrons. The van der Waals surface area contributed by atoms with Crippen LogP contribution in [0.5, 0.6) is 11.5 Å². The fraction of sp³-hybridized carbons (Fsp3) is 0.400. The highest BCUT2D eigenvalue weighted by Crippen LogP contribution is 2.33. The standard InChI is InChI=1S/C15H20BrN3O5/c1-4-22-12-5-10(7-18-19-15(17)21)11(16)6-13(12)23-8-14(20)24-9(2)3/h5-7,9H,4,8H2,1-3H3,(H3,17,19,21). The Morgan fingerprint density at radius 1 is 1.33 bits per heavy atom. The number of carbonyl (C=O) groups is 2. The largest absolute Gasteiger partial charge is 0.490 e. The first-order valence-corrected chi connectivity index (χ1v) is 7.99. The molecule has 0 saturated carbocycles. The molecular formula is C15H20BrN3O5. The van der Waals surface area contributed by atoms with E-state index in [0.29, 0.717) is 28.1 Å². The van der Waals surface area contributed by atoms with Gasteiger partial charge in [-0.2, -0.15) is 5.10 Å². The van der Waals surface area contributed by atoms with Crippen molar-refractivity contribution >= 4 is 34.1 Å². The van der Waals surface area contributed by atoms with Gasteiger partial charge in [0, 0.05) is 10.0 Å². The quantitative estimate of drug-likeness (QED) is 0.393. The van der Waals surface area contributed by atoms with Crippen molar-refractivity contribution in [1.29, 1.82) is 0 Å². The van der Waals surface area contributed by atoms with Gasteiger partial charge < -0.3 is 19.9 Å². The van der Waals surface area contributed by atoms with Crippen LogP contribution in [0.1, 0.15) is 26.3 Å². The Morgan fingerprint density at radius 3 is 2.58 bits per heavy atom. The summed E-state index contributed by atoms with van der Waals surface area (Å²) in [4.78, 5) is 22.2. The zero-order valence-corrected chi connectivity index (χ0v) is 15.3. The molecule has 0 aliphatic rings. The van der Waals surface area contributed by atoms with Crippen LogP contribution in [0.2, 0.25) is 0 Å². The molecule has 0 saturated heterocycles. The first-order chi connectivity index (χ1) is 11.3. The summed E-state index contributed by atoms with van der Waals surface area (Å²) in [5.41, 5.74) is 7.66. The fourth-order valence-corrected chi connectivity index (χ4v) is 2.05. The Balaban J connectivity index is 2.91. The van der Waals surface area contributed by atoms with Crippen LogP contribution in [-0.2, 0) is 9.53 Å². The molecule has 2 amide bonds. The van der Waals surface area contributed by atoms with E-state index in [4.69, 9.17) is 19.9 Å². The molecular weight excluding hydrogens is 382 g/mol. The second-order valence-corrected chi connectivity index (χ2v) is 5.67. The zero-order chi connectivity index (χ0) is 18.1. The molecule has 0 fully saturated rings. The summed E-state index contributed by atoms with van der Waals surface area (Å²) in [5, 5.41) is 3.69. The van der Waals surface area contributed by atoms with Gasteiger partial charge in [0.15, 0.2) is 18.1 Å². The number of halogens is 1. The topological polar surface area (TPSA) is 112 Å². The van der Waals surface area contributed by atoms with Gasteiger partial charge in [-0.15, -0.1) is 0 Å². The molecule has 1 rings (SSSR count). The lowest BCUT2D eigenvalue weighted by atomic mass is 10.2. The minimum Gasteiger partial charge on any atom is -0.490 e. The van der Waals surface area contributed by atoms with Crippen LogP contribution >= 0.6 is 15.9 Å². The highest BCUT2D eigenvalue weighted by atomic mass is 79.9. The number of hydrogen-bond donors (Lipinski definition) is 2. The Bertz CT molecular complexity index is 619. The summed E-state index contributed by atoms with van der Waals surface area (Å²) in [5.74, 6) is 0.336. The maximum absolute atomic E-state index is 11.6. The molecule has 0 aliphatic carbocycles. The van der Waals surface area contributed by atoms with Gasteiger partial charge in [-0.25, -0.2) is 15.0 Å². The lowest BCUT2D eigenvalue weighted by molar-refractivity contribution is -0.149. The van der Waals surface area contributed by atoms with Crippen molar-refractivity contribution in [1.82, 2.24) is 5.43 Å². The zero-order valence-electron chi connectivity index (χ0n) is 13.7. The van der Waals surface area contributed by atoms with Crippen LogP contribution in [0, 0.1) is 0 Å². The van der Waals surface area contributed by atoms with E-state index in [9.17, 15) is 9.59 Å². The average Bonchev–Trinajstić information content (AvgIpc) is 2.47. The summed E-state index contributed by atoms with van der Waals surface area (Å²) in [6, 6.07) is 2.53. The van der Waals surface area contributed by atoms with Gasteiger partial charge in [-0.1, -0.05) is 0 Å². The van der Waals surface area contributed by atoms with Crippen LogP contribution in [0.3, 0.4) is 0 Å². The van der Waals surface area contributed by atoms with Gasteiger partial charge in [0.2, 0.25) is 0 Å². The van der Waals surface area contributed by atoms with Crippen molar-refractivity contribution < 1.29 is 23.8 Å². The molecule has 9 heteroatoms. The monoisotopic (exact) mass is 401 g/mol. The van der Waals surface area contributed by atoms with E-state index in [-0.39, 0.29) is 12.7 Å². The van der Waals surface area contributed by atoms with E-state index in [1.807, 2.05) is 6.92 Å². The number of carbonyl (C=O) groups excluding carboxylic acids is 2. The number of esters is 1. The number of rotatable bonds is 8. The SMILES string of the molecule is CCOc1cc(C=NNC(N)=O)c(Br)cc1OCC(=O)OC(C)C. The van der Waals surface area contributed by atoms with Gasteiger partial charge in [0.25, 0.3) is 0 Å². The van der Waals surface area contributed by atoms with Gasteiger partial charge in [-0.3, -0.25) is 0 Å². The average molecular weight is 402 g/mol. The first-order valence-electron chi connectivity index (χ1n) is 7.20. The number of nitrogens with zero attached hydrogens (tertiary/aromatic N) is 1. The van der Waals surface area contributed by atoms with E-state index in [1.54, 1.807) is 26.0 Å². The van der Waals surface area contributed by atoms with E-state index in [0.717, 1.165) is 0 Å². The van der Waals surface area contributed by atoms with E-state index >= 15 is 0 Å². The summed E-state index contributed by atoms with van der Waals surface area (Å²) in [6.45, 7) is 5.51. The number of ether oxygens (including phenoxy) is 3. The molecule has 8 nitrogen and oxygen atoms in total. The van der Waals surface area contributed by atoms with Crippen molar-refractivity contribution in [3.05, 3.63) is 22.2 Å². The van der Waals surface area contributed by atoms with E-state index < -0.39 is 12.0 Å².